The van der Waals surface area contributed by atoms with E-state index in [2.05, 4.69) is 57.2 Å². The second kappa shape index (κ2) is 7.14. The minimum Gasteiger partial charge on any atom is -0.311 e. The van der Waals surface area contributed by atoms with Crippen molar-refractivity contribution >= 4 is 11.8 Å². The van der Waals surface area contributed by atoms with E-state index in [1.165, 1.54) is 31.4 Å². The molecule has 0 radical (unpaired) electrons. The van der Waals surface area contributed by atoms with Crippen molar-refractivity contribution in [3.05, 3.63) is 48.3 Å². The Labute approximate surface area is 131 Å². The van der Waals surface area contributed by atoms with Gasteiger partial charge in [0.05, 0.1) is 17.4 Å². The molecule has 1 N–H and O–H groups in total. The maximum atomic E-state index is 4.50. The van der Waals surface area contributed by atoms with Crippen molar-refractivity contribution < 1.29 is 0 Å². The molecule has 0 aliphatic heterocycles. The number of thioether (sulfide) groups is 1. The Balaban J connectivity index is 1.73. The van der Waals surface area contributed by atoms with Crippen LogP contribution in [0.5, 0.6) is 0 Å². The molecule has 1 aliphatic carbocycles. The average Bonchev–Trinajstić information content (AvgIpc) is 3.20. The van der Waals surface area contributed by atoms with Crippen LogP contribution in [0.2, 0.25) is 0 Å². The van der Waals surface area contributed by atoms with Gasteiger partial charge in [-0.2, -0.15) is 16.9 Å². The van der Waals surface area contributed by atoms with Gasteiger partial charge in [0.1, 0.15) is 0 Å². The van der Waals surface area contributed by atoms with Crippen LogP contribution in [0, 0.1) is 0 Å². The van der Waals surface area contributed by atoms with Crippen molar-refractivity contribution in [1.82, 2.24) is 15.1 Å². The number of aromatic nitrogens is 2. The number of rotatable bonds is 6. The molecule has 1 saturated carbocycles. The fourth-order valence-electron chi connectivity index (χ4n) is 2.97. The highest BCUT2D eigenvalue weighted by atomic mass is 32.2. The van der Waals surface area contributed by atoms with Gasteiger partial charge in [0, 0.05) is 17.2 Å². The second-order valence-corrected chi connectivity index (χ2v) is 6.92. The first-order valence-corrected chi connectivity index (χ1v) is 8.81. The lowest BCUT2D eigenvalue weighted by Gasteiger charge is -2.19. The maximum Gasteiger partial charge on any atom is 0.0649 e. The molecule has 2 aromatic rings. The Morgan fingerprint density at radius 3 is 2.71 bits per heavy atom. The highest BCUT2D eigenvalue weighted by Crippen LogP contribution is 2.32. The van der Waals surface area contributed by atoms with Crippen molar-refractivity contribution in [3.8, 4) is 5.69 Å². The lowest BCUT2D eigenvalue weighted by molar-refractivity contribution is 0.611. The number of nitrogens with one attached hydrogen (secondary N) is 1. The summed E-state index contributed by atoms with van der Waals surface area (Å²) in [6.07, 6.45) is 7.48. The molecular formula is C17H23N3S. The first-order chi connectivity index (χ1) is 10.4. The molecule has 4 heteroatoms. The average molecular weight is 301 g/mol. The smallest absolute Gasteiger partial charge is 0.0649 e. The van der Waals surface area contributed by atoms with Gasteiger partial charge in [0.2, 0.25) is 0 Å². The lowest BCUT2D eigenvalue weighted by Crippen LogP contribution is -2.23. The van der Waals surface area contributed by atoms with Crippen LogP contribution in [0.4, 0.5) is 0 Å². The van der Waals surface area contributed by atoms with E-state index in [0.717, 1.165) is 16.7 Å². The fraction of sp³-hybridized carbons (Fsp3) is 0.471. The molecule has 0 saturated heterocycles. The summed E-state index contributed by atoms with van der Waals surface area (Å²) in [4.78, 5) is 0. The molecule has 3 nitrogen and oxygen atoms in total. The molecule has 1 heterocycles. The highest BCUT2D eigenvalue weighted by molar-refractivity contribution is 7.99. The van der Waals surface area contributed by atoms with E-state index in [4.69, 9.17) is 0 Å². The number of nitrogens with zero attached hydrogens (tertiary/aromatic N) is 2. The largest absolute Gasteiger partial charge is 0.311 e. The number of hydrogen-bond donors (Lipinski definition) is 1. The first kappa shape index (κ1) is 14.7. The van der Waals surface area contributed by atoms with Crippen LogP contribution < -0.4 is 5.32 Å². The third kappa shape index (κ3) is 3.50. The summed E-state index contributed by atoms with van der Waals surface area (Å²) >= 11 is 2.12. The molecule has 1 atom stereocenters. The molecule has 1 aromatic heterocycles. The Morgan fingerprint density at radius 2 is 2.00 bits per heavy atom. The monoisotopic (exact) mass is 301 g/mol. The van der Waals surface area contributed by atoms with Crippen molar-refractivity contribution in [2.45, 2.75) is 37.0 Å². The predicted octanol–water partition coefficient (Wildman–Crippen LogP) is 3.81. The van der Waals surface area contributed by atoms with E-state index < -0.39 is 0 Å². The van der Waals surface area contributed by atoms with Gasteiger partial charge in [-0.25, -0.2) is 4.68 Å². The zero-order valence-corrected chi connectivity index (χ0v) is 13.4. The van der Waals surface area contributed by atoms with Crippen molar-refractivity contribution in [1.29, 1.82) is 0 Å². The third-order valence-corrected chi connectivity index (χ3v) is 5.65. The van der Waals surface area contributed by atoms with E-state index in [0.29, 0.717) is 6.04 Å². The Bertz CT molecular complexity index is 546. The van der Waals surface area contributed by atoms with E-state index in [1.807, 2.05) is 19.3 Å². The topological polar surface area (TPSA) is 29.9 Å². The van der Waals surface area contributed by atoms with Crippen LogP contribution in [0.1, 0.15) is 37.4 Å². The third-order valence-electron chi connectivity index (χ3n) is 4.18. The van der Waals surface area contributed by atoms with Gasteiger partial charge in [-0.1, -0.05) is 31.0 Å². The van der Waals surface area contributed by atoms with Crippen LogP contribution in [-0.2, 0) is 0 Å². The summed E-state index contributed by atoms with van der Waals surface area (Å²) < 4.78 is 2.05. The molecule has 1 fully saturated rings. The van der Waals surface area contributed by atoms with Gasteiger partial charge in [-0.05, 0) is 38.1 Å². The van der Waals surface area contributed by atoms with E-state index in [9.17, 15) is 0 Å². The SMILES string of the molecule is CNC(CSC1CCCC1)c1ccnn1-c1ccccc1. The predicted molar refractivity (Wildman–Crippen MR) is 90.1 cm³/mol. The van der Waals surface area contributed by atoms with Crippen LogP contribution in [0.25, 0.3) is 5.69 Å². The molecule has 21 heavy (non-hydrogen) atoms. The number of benzene rings is 1. The summed E-state index contributed by atoms with van der Waals surface area (Å²) in [5, 5.41) is 8.81. The van der Waals surface area contributed by atoms with Gasteiger partial charge >= 0.3 is 0 Å². The van der Waals surface area contributed by atoms with Crippen LogP contribution >= 0.6 is 11.8 Å². The highest BCUT2D eigenvalue weighted by Gasteiger charge is 2.20. The molecule has 0 spiro atoms. The van der Waals surface area contributed by atoms with E-state index in [-0.39, 0.29) is 0 Å². The Hall–Kier alpha value is -1.26. The summed E-state index contributed by atoms with van der Waals surface area (Å²) in [5.41, 5.74) is 2.37. The van der Waals surface area contributed by atoms with Crippen molar-refractivity contribution in [2.75, 3.05) is 12.8 Å². The normalized spacial score (nSPS) is 17.2. The van der Waals surface area contributed by atoms with Gasteiger partial charge in [0.15, 0.2) is 0 Å². The van der Waals surface area contributed by atoms with Gasteiger partial charge in [-0.15, -0.1) is 0 Å². The van der Waals surface area contributed by atoms with Gasteiger partial charge in [-0.3, -0.25) is 0 Å². The minimum atomic E-state index is 0.346. The Kier molecular flexibility index (Phi) is 4.99. The molecular weight excluding hydrogens is 278 g/mol. The summed E-state index contributed by atoms with van der Waals surface area (Å²) in [6.45, 7) is 0. The fourth-order valence-corrected chi connectivity index (χ4v) is 4.43. The molecule has 0 amide bonds. The van der Waals surface area contributed by atoms with Gasteiger partial charge in [0.25, 0.3) is 0 Å². The standard InChI is InChI=1S/C17H23N3S/c1-18-16(13-21-15-9-5-6-10-15)17-11-12-19-20(17)14-7-3-2-4-8-14/h2-4,7-8,11-12,15-16,18H,5-6,9-10,13H2,1H3. The van der Waals surface area contributed by atoms with Crippen molar-refractivity contribution in [2.24, 2.45) is 0 Å². The molecule has 1 aromatic carbocycles. The molecule has 1 unspecified atom stereocenters. The number of para-hydroxylation sites is 1. The maximum absolute atomic E-state index is 4.50. The summed E-state index contributed by atoms with van der Waals surface area (Å²) in [7, 11) is 2.04. The second-order valence-electron chi connectivity index (χ2n) is 5.58. The zero-order chi connectivity index (χ0) is 14.5. The molecule has 1 aliphatic rings. The molecule has 0 bridgehead atoms. The summed E-state index contributed by atoms with van der Waals surface area (Å²) in [6, 6.07) is 12.8. The zero-order valence-electron chi connectivity index (χ0n) is 12.5. The van der Waals surface area contributed by atoms with Crippen LogP contribution in [-0.4, -0.2) is 27.8 Å². The first-order valence-electron chi connectivity index (χ1n) is 7.76. The Morgan fingerprint density at radius 1 is 1.24 bits per heavy atom. The van der Waals surface area contributed by atoms with Crippen LogP contribution in [0.3, 0.4) is 0 Å². The minimum absolute atomic E-state index is 0.346. The lowest BCUT2D eigenvalue weighted by atomic mass is 10.2. The summed E-state index contributed by atoms with van der Waals surface area (Å²) in [5.74, 6) is 1.11. The number of hydrogen-bond acceptors (Lipinski definition) is 3. The van der Waals surface area contributed by atoms with E-state index in [1.54, 1.807) is 0 Å². The van der Waals surface area contributed by atoms with Crippen molar-refractivity contribution in [3.63, 3.8) is 0 Å². The van der Waals surface area contributed by atoms with E-state index >= 15 is 0 Å². The molecule has 3 rings (SSSR count). The van der Waals surface area contributed by atoms with Crippen LogP contribution in [0.15, 0.2) is 42.6 Å². The quantitative estimate of drug-likeness (QED) is 0.880. The van der Waals surface area contributed by atoms with Gasteiger partial charge < -0.3 is 5.32 Å². The molecule has 112 valence electrons.